The monoisotopic (exact) mass is 452 g/mol. The van der Waals surface area contributed by atoms with E-state index in [4.69, 9.17) is 21.1 Å². The van der Waals surface area contributed by atoms with Crippen LogP contribution in [0, 0.1) is 15.9 Å². The van der Waals surface area contributed by atoms with E-state index in [0.717, 1.165) is 6.07 Å². The highest BCUT2D eigenvalue weighted by Gasteiger charge is 2.27. The highest BCUT2D eigenvalue weighted by Crippen LogP contribution is 2.29. The number of halogens is 2. The van der Waals surface area contributed by atoms with Gasteiger partial charge in [0.1, 0.15) is 18.2 Å². The van der Waals surface area contributed by atoms with Gasteiger partial charge in [-0.2, -0.15) is 0 Å². The molecule has 3 aromatic rings. The molecule has 0 unspecified atom stereocenters. The molecule has 9 heteroatoms. The Kier molecular flexibility index (Phi) is 5.96. The number of carbonyl (C=O) groups excluding carboxylic acids is 1. The van der Waals surface area contributed by atoms with Crippen molar-refractivity contribution in [2.75, 3.05) is 0 Å². The summed E-state index contributed by atoms with van der Waals surface area (Å²) in [5.41, 5.74) is 0.980. The Labute approximate surface area is 186 Å². The van der Waals surface area contributed by atoms with Crippen LogP contribution >= 0.6 is 11.6 Å². The number of non-ortho nitro benzene ring substituents is 1. The molecule has 32 heavy (non-hydrogen) atoms. The minimum absolute atomic E-state index is 0.00337. The zero-order chi connectivity index (χ0) is 22.7. The van der Waals surface area contributed by atoms with E-state index in [2.05, 4.69) is 4.99 Å². The van der Waals surface area contributed by atoms with E-state index in [0.29, 0.717) is 16.9 Å². The van der Waals surface area contributed by atoms with Crippen LogP contribution in [0.25, 0.3) is 6.08 Å². The molecule has 0 spiro atoms. The Morgan fingerprint density at radius 3 is 2.62 bits per heavy atom. The summed E-state index contributed by atoms with van der Waals surface area (Å²) in [5, 5.41) is 10.9. The lowest BCUT2D eigenvalue weighted by Gasteiger charge is -2.10. The van der Waals surface area contributed by atoms with Gasteiger partial charge in [0.25, 0.3) is 5.69 Å². The average Bonchev–Trinajstić information content (AvgIpc) is 3.13. The largest absolute Gasteiger partial charge is 0.488 e. The van der Waals surface area contributed by atoms with Crippen molar-refractivity contribution in [1.29, 1.82) is 0 Å². The van der Waals surface area contributed by atoms with Crippen LogP contribution in [-0.2, 0) is 16.1 Å². The SMILES string of the molecule is O=C1OC(c2ccc([N+](=O)[O-])cc2Cl)=N/C1=C/c1ccccc1OCc1ccccc1F. The second-order valence-electron chi connectivity index (χ2n) is 6.68. The summed E-state index contributed by atoms with van der Waals surface area (Å²) < 4.78 is 24.8. The van der Waals surface area contributed by atoms with Gasteiger partial charge in [0, 0.05) is 23.3 Å². The summed E-state index contributed by atoms with van der Waals surface area (Å²) in [6, 6.07) is 16.9. The number of hydrogen-bond donors (Lipinski definition) is 0. The molecule has 0 saturated carbocycles. The highest BCUT2D eigenvalue weighted by molar-refractivity contribution is 6.34. The van der Waals surface area contributed by atoms with Gasteiger partial charge in [-0.05, 0) is 24.3 Å². The van der Waals surface area contributed by atoms with Crippen LogP contribution < -0.4 is 4.74 Å². The smallest absolute Gasteiger partial charge is 0.363 e. The summed E-state index contributed by atoms with van der Waals surface area (Å²) in [6.45, 7) is 0.00419. The number of nitrogens with zero attached hydrogens (tertiary/aromatic N) is 2. The Hall–Kier alpha value is -4.04. The molecule has 0 fully saturated rings. The zero-order valence-corrected chi connectivity index (χ0v) is 17.1. The standard InChI is InChI=1S/C23H14ClFN2O5/c24-18-12-16(27(29)30)9-10-17(18)22-26-20(23(28)32-22)11-14-5-2-4-8-21(14)31-13-15-6-1-3-7-19(15)25/h1-12H,13H2/b20-11+. The van der Waals surface area contributed by atoms with Gasteiger partial charge in [-0.1, -0.05) is 48.0 Å². The minimum atomic E-state index is -0.710. The van der Waals surface area contributed by atoms with E-state index in [1.807, 2.05) is 0 Å². The number of para-hydroxylation sites is 1. The third kappa shape index (κ3) is 4.50. The van der Waals surface area contributed by atoms with Crippen LogP contribution in [0.15, 0.2) is 77.4 Å². The van der Waals surface area contributed by atoms with E-state index in [-0.39, 0.29) is 40.3 Å². The van der Waals surface area contributed by atoms with Gasteiger partial charge in [-0.3, -0.25) is 10.1 Å². The Balaban J connectivity index is 1.60. The van der Waals surface area contributed by atoms with Crippen LogP contribution in [0.3, 0.4) is 0 Å². The third-order valence-corrected chi connectivity index (χ3v) is 4.88. The second kappa shape index (κ2) is 8.99. The lowest BCUT2D eigenvalue weighted by molar-refractivity contribution is -0.384. The molecular weight excluding hydrogens is 439 g/mol. The summed E-state index contributed by atoms with van der Waals surface area (Å²) in [5.74, 6) is -0.728. The normalized spacial score (nSPS) is 14.2. The van der Waals surface area contributed by atoms with Crippen molar-refractivity contribution in [2.45, 2.75) is 6.61 Å². The molecule has 3 aromatic carbocycles. The van der Waals surface area contributed by atoms with E-state index < -0.39 is 10.9 Å². The molecule has 1 heterocycles. The fourth-order valence-corrected chi connectivity index (χ4v) is 3.22. The molecule has 0 atom stereocenters. The third-order valence-electron chi connectivity index (χ3n) is 4.57. The van der Waals surface area contributed by atoms with E-state index in [9.17, 15) is 19.3 Å². The fraction of sp³-hybridized carbons (Fsp3) is 0.0435. The van der Waals surface area contributed by atoms with Crippen LogP contribution in [0.4, 0.5) is 10.1 Å². The number of esters is 1. The molecule has 160 valence electrons. The number of nitro groups is 1. The van der Waals surface area contributed by atoms with Gasteiger partial charge in [0.15, 0.2) is 5.70 Å². The number of cyclic esters (lactones) is 1. The Morgan fingerprint density at radius 2 is 1.88 bits per heavy atom. The molecule has 0 radical (unpaired) electrons. The number of rotatable bonds is 6. The molecule has 4 rings (SSSR count). The predicted molar refractivity (Wildman–Crippen MR) is 116 cm³/mol. The minimum Gasteiger partial charge on any atom is -0.488 e. The maximum absolute atomic E-state index is 13.9. The summed E-state index contributed by atoms with van der Waals surface area (Å²) in [6.07, 6.45) is 1.48. The molecule has 0 aliphatic carbocycles. The van der Waals surface area contributed by atoms with Crippen molar-refractivity contribution in [3.8, 4) is 5.75 Å². The second-order valence-corrected chi connectivity index (χ2v) is 7.08. The maximum Gasteiger partial charge on any atom is 0.363 e. The zero-order valence-electron chi connectivity index (χ0n) is 16.3. The fourth-order valence-electron chi connectivity index (χ4n) is 2.96. The number of aliphatic imine (C=N–C) groups is 1. The molecule has 1 aliphatic heterocycles. The lowest BCUT2D eigenvalue weighted by Crippen LogP contribution is -2.06. The number of carbonyl (C=O) groups is 1. The van der Waals surface area contributed by atoms with Crippen LogP contribution in [0.2, 0.25) is 5.02 Å². The van der Waals surface area contributed by atoms with Crippen LogP contribution in [0.5, 0.6) is 5.75 Å². The van der Waals surface area contributed by atoms with Gasteiger partial charge < -0.3 is 9.47 Å². The van der Waals surface area contributed by atoms with Gasteiger partial charge in [-0.25, -0.2) is 14.2 Å². The molecule has 7 nitrogen and oxygen atoms in total. The molecular formula is C23H14ClFN2O5. The number of ether oxygens (including phenoxy) is 2. The van der Waals surface area contributed by atoms with Crippen LogP contribution in [0.1, 0.15) is 16.7 Å². The van der Waals surface area contributed by atoms with Gasteiger partial charge in [0.2, 0.25) is 5.90 Å². The predicted octanol–water partition coefficient (Wildman–Crippen LogP) is 5.31. The summed E-state index contributed by atoms with van der Waals surface area (Å²) >= 11 is 6.10. The average molecular weight is 453 g/mol. The van der Waals surface area contributed by atoms with Gasteiger partial charge >= 0.3 is 5.97 Å². The van der Waals surface area contributed by atoms with E-state index >= 15 is 0 Å². The summed E-state index contributed by atoms with van der Waals surface area (Å²) in [7, 11) is 0. The Morgan fingerprint density at radius 1 is 1.12 bits per heavy atom. The Bertz CT molecular complexity index is 1290. The van der Waals surface area contributed by atoms with Crippen LogP contribution in [-0.4, -0.2) is 16.8 Å². The quantitative estimate of drug-likeness (QED) is 0.219. The highest BCUT2D eigenvalue weighted by atomic mass is 35.5. The number of hydrogen-bond acceptors (Lipinski definition) is 6. The lowest BCUT2D eigenvalue weighted by atomic mass is 10.1. The number of nitro benzene ring substituents is 1. The van der Waals surface area contributed by atoms with Gasteiger partial charge in [0.05, 0.1) is 15.5 Å². The van der Waals surface area contributed by atoms with Crippen molar-refractivity contribution in [1.82, 2.24) is 0 Å². The molecule has 1 aliphatic rings. The first kappa shape index (κ1) is 21.2. The van der Waals surface area contributed by atoms with E-state index in [1.54, 1.807) is 42.5 Å². The number of benzene rings is 3. The van der Waals surface area contributed by atoms with Crippen molar-refractivity contribution < 1.29 is 23.6 Å². The first-order valence-corrected chi connectivity index (χ1v) is 9.72. The molecule has 0 aromatic heterocycles. The first-order valence-electron chi connectivity index (χ1n) is 9.34. The van der Waals surface area contributed by atoms with E-state index in [1.165, 1.54) is 24.3 Å². The first-order chi connectivity index (χ1) is 15.4. The molecule has 0 bridgehead atoms. The molecule has 0 saturated heterocycles. The van der Waals surface area contributed by atoms with Gasteiger partial charge in [-0.15, -0.1) is 0 Å². The van der Waals surface area contributed by atoms with Crippen molar-refractivity contribution in [2.24, 2.45) is 4.99 Å². The van der Waals surface area contributed by atoms with Crippen molar-refractivity contribution >= 4 is 35.2 Å². The van der Waals surface area contributed by atoms with Crippen molar-refractivity contribution in [3.63, 3.8) is 0 Å². The summed E-state index contributed by atoms with van der Waals surface area (Å²) in [4.78, 5) is 26.8. The molecule has 0 amide bonds. The molecule has 0 N–H and O–H groups in total. The maximum atomic E-state index is 13.9. The topological polar surface area (TPSA) is 91.0 Å². The van der Waals surface area contributed by atoms with Crippen molar-refractivity contribution in [3.05, 3.63) is 110 Å².